The van der Waals surface area contributed by atoms with E-state index in [1.807, 2.05) is 28.9 Å². The third kappa shape index (κ3) is 3.46. The molecule has 0 unspecified atom stereocenters. The van der Waals surface area contributed by atoms with Crippen LogP contribution in [0.3, 0.4) is 0 Å². The molecule has 0 saturated heterocycles. The van der Waals surface area contributed by atoms with Crippen LogP contribution in [0.4, 0.5) is 0 Å². The van der Waals surface area contributed by atoms with Crippen LogP contribution in [0.5, 0.6) is 0 Å². The summed E-state index contributed by atoms with van der Waals surface area (Å²) in [6.45, 7) is 6.73. The lowest BCUT2D eigenvalue weighted by Crippen LogP contribution is -2.16. The van der Waals surface area contributed by atoms with Crippen molar-refractivity contribution < 1.29 is 0 Å². The van der Waals surface area contributed by atoms with Gasteiger partial charge in [-0.15, -0.1) is 0 Å². The molecule has 2 aromatic rings. The van der Waals surface area contributed by atoms with Crippen LogP contribution in [-0.4, -0.2) is 9.78 Å². The van der Waals surface area contributed by atoms with Crippen molar-refractivity contribution in [1.29, 1.82) is 5.26 Å². The molecule has 1 aromatic carbocycles. The van der Waals surface area contributed by atoms with Crippen LogP contribution in [0.25, 0.3) is 0 Å². The van der Waals surface area contributed by atoms with Crippen LogP contribution in [0.15, 0.2) is 30.3 Å². The van der Waals surface area contributed by atoms with Gasteiger partial charge in [-0.25, -0.2) is 0 Å². The van der Waals surface area contributed by atoms with E-state index in [0.717, 1.165) is 31.7 Å². The molecule has 1 aromatic heterocycles. The van der Waals surface area contributed by atoms with Gasteiger partial charge in [0.2, 0.25) is 0 Å². The zero-order valence-electron chi connectivity index (χ0n) is 12.1. The predicted molar refractivity (Wildman–Crippen MR) is 79.0 cm³/mol. The van der Waals surface area contributed by atoms with Gasteiger partial charge in [0.1, 0.15) is 0 Å². The van der Waals surface area contributed by atoms with Gasteiger partial charge in [0.05, 0.1) is 23.0 Å². The number of aromatic nitrogens is 2. The van der Waals surface area contributed by atoms with Crippen molar-refractivity contribution in [2.45, 2.75) is 39.9 Å². The topological polar surface area (TPSA) is 53.6 Å². The van der Waals surface area contributed by atoms with E-state index < -0.39 is 0 Å². The van der Waals surface area contributed by atoms with Gasteiger partial charge in [0, 0.05) is 19.6 Å². The largest absolute Gasteiger partial charge is 0.307 e. The van der Waals surface area contributed by atoms with E-state index in [9.17, 15) is 0 Å². The van der Waals surface area contributed by atoms with Crippen LogP contribution in [0, 0.1) is 11.3 Å². The smallest absolute Gasteiger partial charge is 0.0991 e. The molecule has 0 atom stereocenters. The predicted octanol–water partition coefficient (Wildman–Crippen LogP) is 2.63. The van der Waals surface area contributed by atoms with Crippen molar-refractivity contribution in [3.05, 3.63) is 52.8 Å². The first-order valence-corrected chi connectivity index (χ1v) is 7.02. The van der Waals surface area contributed by atoms with Crippen LogP contribution in [-0.2, 0) is 26.1 Å². The Labute approximate surface area is 120 Å². The lowest BCUT2D eigenvalue weighted by atomic mass is 10.1. The Hall–Kier alpha value is -2.12. The minimum atomic E-state index is 0.699. The molecule has 0 bridgehead atoms. The van der Waals surface area contributed by atoms with Crippen molar-refractivity contribution in [3.63, 3.8) is 0 Å². The Morgan fingerprint density at radius 2 is 1.95 bits per heavy atom. The highest BCUT2D eigenvalue weighted by molar-refractivity contribution is 5.31. The maximum absolute atomic E-state index is 8.76. The zero-order valence-corrected chi connectivity index (χ0v) is 12.1. The molecule has 4 nitrogen and oxygen atoms in total. The quantitative estimate of drug-likeness (QED) is 0.876. The van der Waals surface area contributed by atoms with Crippen molar-refractivity contribution >= 4 is 0 Å². The molecule has 0 spiro atoms. The number of benzene rings is 1. The van der Waals surface area contributed by atoms with Gasteiger partial charge < -0.3 is 5.32 Å². The van der Waals surface area contributed by atoms with E-state index in [-0.39, 0.29) is 0 Å². The number of nitrogens with one attached hydrogen (secondary N) is 1. The molecule has 0 fully saturated rings. The van der Waals surface area contributed by atoms with Gasteiger partial charge in [0.15, 0.2) is 0 Å². The number of rotatable bonds is 6. The van der Waals surface area contributed by atoms with Gasteiger partial charge in [-0.2, -0.15) is 10.4 Å². The summed E-state index contributed by atoms with van der Waals surface area (Å²) in [6, 6.07) is 12.0. The standard InChI is InChI=1S/C16H20N4/c1-3-15-9-16(20(4-2)19-15)12-18-11-14-7-5-13(10-17)6-8-14/h5-9,18H,3-4,11-12H2,1-2H3. The molecule has 0 amide bonds. The van der Waals surface area contributed by atoms with Crippen LogP contribution < -0.4 is 5.32 Å². The number of nitriles is 1. The summed E-state index contributed by atoms with van der Waals surface area (Å²) in [4.78, 5) is 0. The van der Waals surface area contributed by atoms with E-state index in [4.69, 9.17) is 5.26 Å². The lowest BCUT2D eigenvalue weighted by Gasteiger charge is -2.07. The van der Waals surface area contributed by atoms with Crippen molar-refractivity contribution in [1.82, 2.24) is 15.1 Å². The Morgan fingerprint density at radius 3 is 2.55 bits per heavy atom. The molecule has 0 aliphatic carbocycles. The zero-order chi connectivity index (χ0) is 14.4. The maximum Gasteiger partial charge on any atom is 0.0991 e. The minimum Gasteiger partial charge on any atom is -0.307 e. The highest BCUT2D eigenvalue weighted by atomic mass is 15.3. The molecule has 2 rings (SSSR count). The Balaban J connectivity index is 1.92. The van der Waals surface area contributed by atoms with Gasteiger partial charge >= 0.3 is 0 Å². The summed E-state index contributed by atoms with van der Waals surface area (Å²) in [5.41, 5.74) is 4.24. The van der Waals surface area contributed by atoms with Crippen LogP contribution in [0.2, 0.25) is 0 Å². The monoisotopic (exact) mass is 268 g/mol. The Kier molecular flexibility index (Phi) is 4.91. The number of hydrogen-bond donors (Lipinski definition) is 1. The summed E-state index contributed by atoms with van der Waals surface area (Å²) in [7, 11) is 0. The van der Waals surface area contributed by atoms with Crippen LogP contribution >= 0.6 is 0 Å². The fourth-order valence-electron chi connectivity index (χ4n) is 2.14. The van der Waals surface area contributed by atoms with E-state index in [0.29, 0.717) is 5.56 Å². The molecule has 0 saturated carbocycles. The summed E-state index contributed by atoms with van der Waals surface area (Å²) in [5, 5.41) is 16.7. The molecule has 20 heavy (non-hydrogen) atoms. The second kappa shape index (κ2) is 6.88. The summed E-state index contributed by atoms with van der Waals surface area (Å²) in [5.74, 6) is 0. The number of nitrogens with zero attached hydrogens (tertiary/aromatic N) is 3. The molecular weight excluding hydrogens is 248 g/mol. The van der Waals surface area contributed by atoms with E-state index >= 15 is 0 Å². The maximum atomic E-state index is 8.76. The van der Waals surface area contributed by atoms with Crippen molar-refractivity contribution in [2.24, 2.45) is 0 Å². The molecule has 0 radical (unpaired) electrons. The SMILES string of the molecule is CCc1cc(CNCc2ccc(C#N)cc2)n(CC)n1. The Bertz CT molecular complexity index is 590. The fraction of sp³-hybridized carbons (Fsp3) is 0.375. The van der Waals surface area contributed by atoms with Gasteiger partial charge in [0.25, 0.3) is 0 Å². The van der Waals surface area contributed by atoms with Crippen molar-refractivity contribution in [2.75, 3.05) is 0 Å². The number of hydrogen-bond acceptors (Lipinski definition) is 3. The first kappa shape index (κ1) is 14.3. The lowest BCUT2D eigenvalue weighted by molar-refractivity contribution is 0.577. The van der Waals surface area contributed by atoms with E-state index in [1.165, 1.54) is 11.3 Å². The van der Waals surface area contributed by atoms with Gasteiger partial charge in [-0.3, -0.25) is 4.68 Å². The average molecular weight is 268 g/mol. The second-order valence-electron chi connectivity index (χ2n) is 4.71. The van der Waals surface area contributed by atoms with E-state index in [2.05, 4.69) is 36.4 Å². The van der Waals surface area contributed by atoms with Gasteiger partial charge in [-0.05, 0) is 37.1 Å². The molecule has 1 N–H and O–H groups in total. The average Bonchev–Trinajstić information content (AvgIpc) is 2.90. The molecule has 0 aliphatic rings. The van der Waals surface area contributed by atoms with Crippen LogP contribution in [0.1, 0.15) is 36.4 Å². The van der Waals surface area contributed by atoms with Crippen molar-refractivity contribution in [3.8, 4) is 6.07 Å². The molecule has 0 aliphatic heterocycles. The second-order valence-corrected chi connectivity index (χ2v) is 4.71. The third-order valence-corrected chi connectivity index (χ3v) is 3.29. The van der Waals surface area contributed by atoms with E-state index in [1.54, 1.807) is 0 Å². The minimum absolute atomic E-state index is 0.699. The third-order valence-electron chi connectivity index (χ3n) is 3.29. The Morgan fingerprint density at radius 1 is 1.20 bits per heavy atom. The fourth-order valence-corrected chi connectivity index (χ4v) is 2.14. The first-order chi connectivity index (χ1) is 9.76. The summed E-state index contributed by atoms with van der Waals surface area (Å²) < 4.78 is 2.05. The highest BCUT2D eigenvalue weighted by Crippen LogP contribution is 2.07. The molecule has 4 heteroatoms. The summed E-state index contributed by atoms with van der Waals surface area (Å²) in [6.07, 6.45) is 0.968. The molecular formula is C16H20N4. The summed E-state index contributed by atoms with van der Waals surface area (Å²) >= 11 is 0. The first-order valence-electron chi connectivity index (χ1n) is 7.02. The highest BCUT2D eigenvalue weighted by Gasteiger charge is 2.05. The number of aryl methyl sites for hydroxylation is 2. The molecule has 104 valence electrons. The van der Waals surface area contributed by atoms with Gasteiger partial charge in [-0.1, -0.05) is 19.1 Å². The molecule has 1 heterocycles. The normalized spacial score (nSPS) is 10.4.